The van der Waals surface area contributed by atoms with E-state index in [1.165, 1.54) is 0 Å². The Morgan fingerprint density at radius 1 is 0.839 bits per heavy atom. The standard InChI is InChI=1S/C24H23NO6/c1-28-21-12-5-6-13-22(21)29-15-14-25-23(26)17-30-24(27)18-8-7-11-20(16-18)31-19-9-3-2-4-10-19/h2-13,16H,14-15,17H2,1H3,(H,25,26). The first kappa shape index (κ1) is 21.7. The number of carbonyl (C=O) groups is 2. The van der Waals surface area contributed by atoms with Crippen LogP contribution in [0.1, 0.15) is 10.4 Å². The molecule has 0 saturated carbocycles. The molecule has 0 aliphatic heterocycles. The molecule has 31 heavy (non-hydrogen) atoms. The third-order valence-corrected chi connectivity index (χ3v) is 4.13. The first-order valence-electron chi connectivity index (χ1n) is 9.68. The van der Waals surface area contributed by atoms with E-state index in [0.29, 0.717) is 28.6 Å². The maximum absolute atomic E-state index is 12.2. The lowest BCUT2D eigenvalue weighted by atomic mass is 10.2. The third-order valence-electron chi connectivity index (χ3n) is 4.13. The molecule has 0 radical (unpaired) electrons. The van der Waals surface area contributed by atoms with Crippen LogP contribution >= 0.6 is 0 Å². The van der Waals surface area contributed by atoms with Gasteiger partial charge in [-0.3, -0.25) is 4.79 Å². The predicted octanol–water partition coefficient (Wildman–Crippen LogP) is 3.84. The monoisotopic (exact) mass is 421 g/mol. The smallest absolute Gasteiger partial charge is 0.338 e. The van der Waals surface area contributed by atoms with Gasteiger partial charge in [-0.1, -0.05) is 36.4 Å². The molecule has 3 aromatic carbocycles. The summed E-state index contributed by atoms with van der Waals surface area (Å²) in [6, 6.07) is 23.0. The molecule has 0 heterocycles. The number of rotatable bonds is 10. The van der Waals surface area contributed by atoms with Crippen LogP contribution in [-0.4, -0.2) is 38.7 Å². The Balaban J connectivity index is 1.41. The van der Waals surface area contributed by atoms with E-state index in [-0.39, 0.29) is 13.2 Å². The van der Waals surface area contributed by atoms with Gasteiger partial charge >= 0.3 is 5.97 Å². The first-order chi connectivity index (χ1) is 15.2. The number of para-hydroxylation sites is 3. The van der Waals surface area contributed by atoms with Crippen molar-refractivity contribution in [1.82, 2.24) is 5.32 Å². The number of ether oxygens (including phenoxy) is 4. The second kappa shape index (κ2) is 11.3. The molecule has 0 aliphatic rings. The van der Waals surface area contributed by atoms with Crippen LogP contribution in [0, 0.1) is 0 Å². The van der Waals surface area contributed by atoms with Crippen LogP contribution in [0.3, 0.4) is 0 Å². The molecule has 3 aromatic rings. The topological polar surface area (TPSA) is 83.1 Å². The fourth-order valence-electron chi connectivity index (χ4n) is 2.67. The van der Waals surface area contributed by atoms with Gasteiger partial charge in [0.15, 0.2) is 18.1 Å². The van der Waals surface area contributed by atoms with Gasteiger partial charge in [0.25, 0.3) is 5.91 Å². The van der Waals surface area contributed by atoms with Crippen LogP contribution in [0.4, 0.5) is 0 Å². The number of amides is 1. The minimum Gasteiger partial charge on any atom is -0.493 e. The average Bonchev–Trinajstić information content (AvgIpc) is 2.81. The number of carbonyl (C=O) groups excluding carboxylic acids is 2. The molecule has 0 unspecified atom stereocenters. The highest BCUT2D eigenvalue weighted by molar-refractivity contribution is 5.91. The predicted molar refractivity (Wildman–Crippen MR) is 115 cm³/mol. The summed E-state index contributed by atoms with van der Waals surface area (Å²) in [6.45, 7) is 0.116. The maximum atomic E-state index is 12.2. The van der Waals surface area contributed by atoms with Crippen LogP contribution in [0.5, 0.6) is 23.0 Å². The van der Waals surface area contributed by atoms with E-state index in [2.05, 4.69) is 5.32 Å². The minimum absolute atomic E-state index is 0.249. The fraction of sp³-hybridized carbons (Fsp3) is 0.167. The summed E-state index contributed by atoms with van der Waals surface area (Å²) in [5, 5.41) is 2.63. The normalized spacial score (nSPS) is 10.1. The van der Waals surface area contributed by atoms with E-state index in [4.69, 9.17) is 18.9 Å². The van der Waals surface area contributed by atoms with Gasteiger partial charge in [-0.2, -0.15) is 0 Å². The van der Waals surface area contributed by atoms with E-state index in [0.717, 1.165) is 0 Å². The summed E-state index contributed by atoms with van der Waals surface area (Å²) >= 11 is 0. The zero-order chi connectivity index (χ0) is 21.9. The Labute approximate surface area is 180 Å². The van der Waals surface area contributed by atoms with Gasteiger partial charge in [-0.25, -0.2) is 4.79 Å². The molecular weight excluding hydrogens is 398 g/mol. The highest BCUT2D eigenvalue weighted by Crippen LogP contribution is 2.25. The molecular formula is C24H23NO6. The summed E-state index contributed by atoms with van der Waals surface area (Å²) in [7, 11) is 1.56. The van der Waals surface area contributed by atoms with Gasteiger partial charge in [0.2, 0.25) is 0 Å². The molecule has 0 fully saturated rings. The quantitative estimate of drug-likeness (QED) is 0.396. The summed E-state index contributed by atoms with van der Waals surface area (Å²) in [5.41, 5.74) is 0.292. The lowest BCUT2D eigenvalue weighted by molar-refractivity contribution is -0.124. The van der Waals surface area contributed by atoms with Crippen molar-refractivity contribution in [2.45, 2.75) is 0 Å². The van der Waals surface area contributed by atoms with Crippen molar-refractivity contribution in [2.75, 3.05) is 26.9 Å². The molecule has 0 saturated heterocycles. The zero-order valence-corrected chi connectivity index (χ0v) is 17.1. The third kappa shape index (κ3) is 6.78. The Morgan fingerprint density at radius 3 is 2.32 bits per heavy atom. The van der Waals surface area contributed by atoms with Crippen molar-refractivity contribution >= 4 is 11.9 Å². The maximum Gasteiger partial charge on any atom is 0.338 e. The summed E-state index contributed by atoms with van der Waals surface area (Å²) < 4.78 is 21.6. The summed E-state index contributed by atoms with van der Waals surface area (Å²) in [5.74, 6) is 1.32. The molecule has 7 nitrogen and oxygen atoms in total. The molecule has 7 heteroatoms. The van der Waals surface area contributed by atoms with Crippen molar-refractivity contribution in [2.24, 2.45) is 0 Å². The van der Waals surface area contributed by atoms with E-state index >= 15 is 0 Å². The van der Waals surface area contributed by atoms with Crippen LogP contribution in [0.25, 0.3) is 0 Å². The second-order valence-electron chi connectivity index (χ2n) is 6.37. The molecule has 0 atom stereocenters. The molecule has 0 aliphatic carbocycles. The van der Waals surface area contributed by atoms with E-state index in [1.54, 1.807) is 43.5 Å². The Kier molecular flexibility index (Phi) is 7.88. The Bertz CT molecular complexity index is 1010. The second-order valence-corrected chi connectivity index (χ2v) is 6.37. The first-order valence-corrected chi connectivity index (χ1v) is 9.68. The molecule has 160 valence electrons. The van der Waals surface area contributed by atoms with Crippen molar-refractivity contribution < 1.29 is 28.5 Å². The van der Waals surface area contributed by atoms with Gasteiger partial charge in [0.05, 0.1) is 19.2 Å². The van der Waals surface area contributed by atoms with Crippen LogP contribution in [0.2, 0.25) is 0 Å². The Hall–Kier alpha value is -4.00. The van der Waals surface area contributed by atoms with Gasteiger partial charge in [-0.05, 0) is 42.5 Å². The number of hydrogen-bond acceptors (Lipinski definition) is 6. The van der Waals surface area contributed by atoms with Crippen LogP contribution in [0.15, 0.2) is 78.9 Å². The zero-order valence-electron chi connectivity index (χ0n) is 17.1. The number of hydrogen-bond donors (Lipinski definition) is 1. The Morgan fingerprint density at radius 2 is 1.55 bits per heavy atom. The van der Waals surface area contributed by atoms with Gasteiger partial charge in [0, 0.05) is 0 Å². The highest BCUT2D eigenvalue weighted by Gasteiger charge is 2.11. The summed E-state index contributed by atoms with van der Waals surface area (Å²) in [6.07, 6.45) is 0. The number of methoxy groups -OCH3 is 1. The molecule has 1 N–H and O–H groups in total. The molecule has 0 bridgehead atoms. The van der Waals surface area contributed by atoms with Gasteiger partial charge in [-0.15, -0.1) is 0 Å². The van der Waals surface area contributed by atoms with Gasteiger partial charge in [0.1, 0.15) is 18.1 Å². The van der Waals surface area contributed by atoms with Crippen molar-refractivity contribution in [1.29, 1.82) is 0 Å². The van der Waals surface area contributed by atoms with Crippen LogP contribution < -0.4 is 19.5 Å². The molecule has 0 spiro atoms. The van der Waals surface area contributed by atoms with Crippen molar-refractivity contribution in [3.05, 3.63) is 84.4 Å². The van der Waals surface area contributed by atoms with Crippen molar-refractivity contribution in [3.8, 4) is 23.0 Å². The molecule has 1 amide bonds. The summed E-state index contributed by atoms with van der Waals surface area (Å²) in [4.78, 5) is 24.2. The van der Waals surface area contributed by atoms with E-state index in [1.807, 2.05) is 42.5 Å². The van der Waals surface area contributed by atoms with E-state index < -0.39 is 18.5 Å². The number of esters is 1. The van der Waals surface area contributed by atoms with Gasteiger partial charge < -0.3 is 24.3 Å². The highest BCUT2D eigenvalue weighted by atomic mass is 16.5. The minimum atomic E-state index is -0.612. The molecule has 0 aromatic heterocycles. The molecule has 3 rings (SSSR count). The van der Waals surface area contributed by atoms with E-state index in [9.17, 15) is 9.59 Å². The SMILES string of the molecule is COc1ccccc1OCCNC(=O)COC(=O)c1cccc(Oc2ccccc2)c1. The lowest BCUT2D eigenvalue weighted by Crippen LogP contribution is -2.32. The average molecular weight is 421 g/mol. The largest absolute Gasteiger partial charge is 0.493 e. The number of benzene rings is 3. The van der Waals surface area contributed by atoms with Crippen molar-refractivity contribution in [3.63, 3.8) is 0 Å². The fourth-order valence-corrected chi connectivity index (χ4v) is 2.67. The van der Waals surface area contributed by atoms with Crippen LogP contribution in [-0.2, 0) is 9.53 Å². The lowest BCUT2D eigenvalue weighted by Gasteiger charge is -2.11. The number of nitrogens with one attached hydrogen (secondary N) is 1.